The minimum Gasteiger partial charge on any atom is -0.380 e. The molecule has 0 atom stereocenters. The first-order valence-electron chi connectivity index (χ1n) is 6.01. The maximum absolute atomic E-state index is 13.6. The fourth-order valence-corrected chi connectivity index (χ4v) is 2.77. The van der Waals surface area contributed by atoms with Crippen molar-refractivity contribution in [2.75, 3.05) is 5.32 Å². The maximum atomic E-state index is 13.6. The quantitative estimate of drug-likeness (QED) is 0.550. The van der Waals surface area contributed by atoms with Crippen LogP contribution < -0.4 is 5.32 Å². The van der Waals surface area contributed by atoms with Crippen LogP contribution in [0.2, 0.25) is 0 Å². The van der Waals surface area contributed by atoms with Gasteiger partial charge in [-0.3, -0.25) is 10.1 Å². The first kappa shape index (κ1) is 15.9. The van der Waals surface area contributed by atoms with Crippen molar-refractivity contribution in [3.8, 4) is 0 Å². The van der Waals surface area contributed by atoms with Gasteiger partial charge in [0.15, 0.2) is 0 Å². The second kappa shape index (κ2) is 6.53. The summed E-state index contributed by atoms with van der Waals surface area (Å²) in [6, 6.07) is 7.76. The predicted octanol–water partition coefficient (Wildman–Crippen LogP) is 5.18. The van der Waals surface area contributed by atoms with Crippen LogP contribution in [0, 0.1) is 22.9 Å². The number of anilines is 1. The van der Waals surface area contributed by atoms with E-state index >= 15 is 0 Å². The van der Waals surface area contributed by atoms with Gasteiger partial charge >= 0.3 is 0 Å². The Labute approximate surface area is 137 Å². The summed E-state index contributed by atoms with van der Waals surface area (Å²) in [5.41, 5.74) is 2.00. The zero-order valence-electron chi connectivity index (χ0n) is 11.0. The fourth-order valence-electron chi connectivity index (χ4n) is 1.90. The zero-order chi connectivity index (χ0) is 15.6. The van der Waals surface area contributed by atoms with E-state index in [0.29, 0.717) is 15.7 Å². The van der Waals surface area contributed by atoms with Crippen molar-refractivity contribution in [2.45, 2.75) is 13.5 Å². The Hall–Kier alpha value is -1.47. The Kier molecular flexibility index (Phi) is 4.95. The molecule has 110 valence electrons. The summed E-state index contributed by atoms with van der Waals surface area (Å²) in [6.45, 7) is 2.07. The Morgan fingerprint density at radius 1 is 1.29 bits per heavy atom. The van der Waals surface area contributed by atoms with Crippen LogP contribution in [-0.4, -0.2) is 4.92 Å². The highest BCUT2D eigenvalue weighted by Gasteiger charge is 2.14. The van der Waals surface area contributed by atoms with E-state index in [4.69, 9.17) is 0 Å². The SMILES string of the molecule is Cc1cc(Br)c(F)cc1NCc1cc(Br)ccc1[N+](=O)[O-]. The van der Waals surface area contributed by atoms with Gasteiger partial charge in [0, 0.05) is 28.3 Å². The van der Waals surface area contributed by atoms with Crippen molar-refractivity contribution in [2.24, 2.45) is 0 Å². The number of hydrogen-bond acceptors (Lipinski definition) is 3. The molecular weight excluding hydrogens is 407 g/mol. The molecule has 1 N–H and O–H groups in total. The molecule has 2 rings (SSSR count). The van der Waals surface area contributed by atoms with Gasteiger partial charge in [-0.1, -0.05) is 15.9 Å². The standard InChI is InChI=1S/C14H11Br2FN2O2/c1-8-4-11(16)12(17)6-13(8)18-7-9-5-10(15)2-3-14(9)19(20)21/h2-6,18H,7H2,1H3. The first-order chi connectivity index (χ1) is 9.88. The van der Waals surface area contributed by atoms with E-state index in [1.807, 2.05) is 6.92 Å². The number of nitrogens with zero attached hydrogens (tertiary/aromatic N) is 1. The maximum Gasteiger partial charge on any atom is 0.274 e. The molecule has 0 heterocycles. The Balaban J connectivity index is 2.26. The molecule has 0 spiro atoms. The van der Waals surface area contributed by atoms with E-state index in [-0.39, 0.29) is 18.0 Å². The van der Waals surface area contributed by atoms with Crippen LogP contribution in [0.25, 0.3) is 0 Å². The van der Waals surface area contributed by atoms with Gasteiger partial charge in [0.25, 0.3) is 5.69 Å². The lowest BCUT2D eigenvalue weighted by Crippen LogP contribution is -2.04. The highest BCUT2D eigenvalue weighted by atomic mass is 79.9. The molecule has 0 saturated heterocycles. The van der Waals surface area contributed by atoms with Gasteiger partial charge in [-0.25, -0.2) is 4.39 Å². The lowest BCUT2D eigenvalue weighted by molar-refractivity contribution is -0.385. The minimum absolute atomic E-state index is 0.0286. The molecule has 0 aromatic heterocycles. The van der Waals surface area contributed by atoms with Crippen LogP contribution in [0.1, 0.15) is 11.1 Å². The highest BCUT2D eigenvalue weighted by molar-refractivity contribution is 9.10. The van der Waals surface area contributed by atoms with Crippen molar-refractivity contribution < 1.29 is 9.31 Å². The molecule has 0 fully saturated rings. The first-order valence-corrected chi connectivity index (χ1v) is 7.59. The molecule has 4 nitrogen and oxygen atoms in total. The molecule has 0 radical (unpaired) electrons. The number of aryl methyl sites for hydroxylation is 1. The van der Waals surface area contributed by atoms with Gasteiger partial charge in [0.05, 0.1) is 9.40 Å². The molecule has 0 aliphatic carbocycles. The normalized spacial score (nSPS) is 10.5. The van der Waals surface area contributed by atoms with Gasteiger partial charge in [-0.2, -0.15) is 0 Å². The van der Waals surface area contributed by atoms with E-state index in [2.05, 4.69) is 37.2 Å². The zero-order valence-corrected chi connectivity index (χ0v) is 14.2. The van der Waals surface area contributed by atoms with Crippen molar-refractivity contribution in [3.05, 3.63) is 66.3 Å². The summed E-state index contributed by atoms with van der Waals surface area (Å²) in [7, 11) is 0. The van der Waals surface area contributed by atoms with Crippen molar-refractivity contribution in [3.63, 3.8) is 0 Å². The van der Waals surface area contributed by atoms with Crippen molar-refractivity contribution in [1.29, 1.82) is 0 Å². The van der Waals surface area contributed by atoms with E-state index in [0.717, 1.165) is 10.0 Å². The number of rotatable bonds is 4. The third kappa shape index (κ3) is 3.79. The Morgan fingerprint density at radius 3 is 2.67 bits per heavy atom. The summed E-state index contributed by atoms with van der Waals surface area (Å²) in [5, 5.41) is 14.0. The molecule has 0 amide bonds. The largest absolute Gasteiger partial charge is 0.380 e. The molecule has 21 heavy (non-hydrogen) atoms. The van der Waals surface area contributed by atoms with Gasteiger partial charge in [-0.05, 0) is 52.7 Å². The minimum atomic E-state index is -0.432. The topological polar surface area (TPSA) is 55.2 Å². The summed E-state index contributed by atoms with van der Waals surface area (Å²) in [5.74, 6) is -0.383. The molecule has 0 saturated carbocycles. The predicted molar refractivity (Wildman–Crippen MR) is 87.0 cm³/mol. The average Bonchev–Trinajstić information content (AvgIpc) is 2.41. The van der Waals surface area contributed by atoms with E-state index in [1.165, 1.54) is 12.1 Å². The molecule has 7 heteroatoms. The van der Waals surface area contributed by atoms with Crippen molar-refractivity contribution >= 4 is 43.2 Å². The lowest BCUT2D eigenvalue weighted by Gasteiger charge is -2.11. The molecule has 2 aromatic carbocycles. The van der Waals surface area contributed by atoms with Crippen LogP contribution in [0.3, 0.4) is 0 Å². The fraction of sp³-hybridized carbons (Fsp3) is 0.143. The Morgan fingerprint density at radius 2 is 2.00 bits per heavy atom. The van der Waals surface area contributed by atoms with Gasteiger partial charge in [-0.15, -0.1) is 0 Å². The second-order valence-electron chi connectivity index (χ2n) is 4.46. The third-order valence-corrected chi connectivity index (χ3v) is 4.08. The third-order valence-electron chi connectivity index (χ3n) is 2.97. The lowest BCUT2D eigenvalue weighted by atomic mass is 10.1. The van der Waals surface area contributed by atoms with Crippen molar-refractivity contribution in [1.82, 2.24) is 0 Å². The monoisotopic (exact) mass is 416 g/mol. The van der Waals surface area contributed by atoms with E-state index in [1.54, 1.807) is 18.2 Å². The number of hydrogen-bond donors (Lipinski definition) is 1. The van der Waals surface area contributed by atoms with Crippen LogP contribution >= 0.6 is 31.9 Å². The highest BCUT2D eigenvalue weighted by Crippen LogP contribution is 2.27. The number of nitro benzene ring substituents is 1. The van der Waals surface area contributed by atoms with Crippen LogP contribution in [0.15, 0.2) is 39.3 Å². The van der Waals surface area contributed by atoms with Gasteiger partial charge in [0.1, 0.15) is 5.82 Å². The van der Waals surface area contributed by atoms with E-state index < -0.39 is 4.92 Å². The Bertz CT molecular complexity index is 708. The summed E-state index contributed by atoms with van der Waals surface area (Å²) in [6.07, 6.45) is 0. The molecule has 0 unspecified atom stereocenters. The van der Waals surface area contributed by atoms with Crippen LogP contribution in [0.5, 0.6) is 0 Å². The second-order valence-corrected chi connectivity index (χ2v) is 6.23. The number of halogens is 3. The molecule has 0 bridgehead atoms. The van der Waals surface area contributed by atoms with Gasteiger partial charge < -0.3 is 5.32 Å². The molecule has 0 aliphatic heterocycles. The molecule has 2 aromatic rings. The summed E-state index contributed by atoms with van der Waals surface area (Å²) in [4.78, 5) is 10.6. The number of benzene rings is 2. The number of nitro groups is 1. The van der Waals surface area contributed by atoms with E-state index in [9.17, 15) is 14.5 Å². The summed E-state index contributed by atoms with van der Waals surface area (Å²) < 4.78 is 14.7. The molecule has 0 aliphatic rings. The van der Waals surface area contributed by atoms with Crippen LogP contribution in [0.4, 0.5) is 15.8 Å². The average molecular weight is 418 g/mol. The number of nitrogens with one attached hydrogen (secondary N) is 1. The van der Waals surface area contributed by atoms with Crippen LogP contribution in [-0.2, 0) is 6.54 Å². The summed E-state index contributed by atoms with van der Waals surface area (Å²) >= 11 is 6.41. The smallest absolute Gasteiger partial charge is 0.274 e. The van der Waals surface area contributed by atoms with Gasteiger partial charge in [0.2, 0.25) is 0 Å². The molecular formula is C14H11Br2FN2O2.